The molecule has 1 aliphatic heterocycles. The summed E-state index contributed by atoms with van der Waals surface area (Å²) < 4.78 is 18.4. The van der Waals surface area contributed by atoms with Crippen molar-refractivity contribution in [2.75, 3.05) is 26.2 Å². The molecule has 0 saturated carbocycles. The lowest BCUT2D eigenvalue weighted by Gasteiger charge is -2.35. The molecule has 0 unspecified atom stereocenters. The largest absolute Gasteiger partial charge is 0.492 e. The fourth-order valence-electron chi connectivity index (χ4n) is 3.79. The fraction of sp³-hybridized carbons (Fsp3) is 0.348. The second-order valence-corrected chi connectivity index (χ2v) is 8.42. The predicted molar refractivity (Wildman–Crippen MR) is 118 cm³/mol. The maximum absolute atomic E-state index is 12.9. The van der Waals surface area contributed by atoms with Crippen LogP contribution in [0.4, 0.5) is 0 Å². The molecule has 0 spiro atoms. The molecular formula is C23H24BrNO4. The van der Waals surface area contributed by atoms with Gasteiger partial charge in [-0.1, -0.05) is 28.1 Å². The zero-order chi connectivity index (χ0) is 20.4. The van der Waals surface area contributed by atoms with Crippen LogP contribution in [0, 0.1) is 0 Å². The SMILES string of the molecule is C[C@H]1CN(CCOc2ccc3c(=O)c(-c4ccc(Br)cc4)coc3c2)C[C@H](C)O1. The second kappa shape index (κ2) is 8.69. The average molecular weight is 458 g/mol. The number of ether oxygens (including phenoxy) is 2. The Morgan fingerprint density at radius 3 is 2.55 bits per heavy atom. The lowest BCUT2D eigenvalue weighted by molar-refractivity contribution is -0.0699. The highest BCUT2D eigenvalue weighted by molar-refractivity contribution is 9.10. The van der Waals surface area contributed by atoms with Crippen LogP contribution in [0.1, 0.15) is 13.8 Å². The van der Waals surface area contributed by atoms with Crippen LogP contribution in [0.25, 0.3) is 22.1 Å². The summed E-state index contributed by atoms with van der Waals surface area (Å²) in [5.41, 5.74) is 1.87. The summed E-state index contributed by atoms with van der Waals surface area (Å²) in [5.74, 6) is 0.700. The predicted octanol–water partition coefficient (Wildman–Crippen LogP) is 4.71. The van der Waals surface area contributed by atoms with Crippen molar-refractivity contribution in [2.45, 2.75) is 26.1 Å². The quantitative estimate of drug-likeness (QED) is 0.555. The number of rotatable bonds is 5. The van der Waals surface area contributed by atoms with Gasteiger partial charge in [0.1, 0.15) is 24.2 Å². The van der Waals surface area contributed by atoms with Gasteiger partial charge in [-0.25, -0.2) is 0 Å². The zero-order valence-corrected chi connectivity index (χ0v) is 18.1. The van der Waals surface area contributed by atoms with Crippen molar-refractivity contribution >= 4 is 26.9 Å². The summed E-state index contributed by atoms with van der Waals surface area (Å²) in [7, 11) is 0. The summed E-state index contributed by atoms with van der Waals surface area (Å²) >= 11 is 3.41. The zero-order valence-electron chi connectivity index (χ0n) is 16.6. The van der Waals surface area contributed by atoms with E-state index in [-0.39, 0.29) is 17.6 Å². The number of morpholine rings is 1. The molecule has 2 heterocycles. The van der Waals surface area contributed by atoms with Crippen molar-refractivity contribution in [3.05, 3.63) is 63.4 Å². The third-order valence-electron chi connectivity index (χ3n) is 5.07. The van der Waals surface area contributed by atoms with Crippen molar-refractivity contribution in [2.24, 2.45) is 0 Å². The molecule has 0 aliphatic carbocycles. The van der Waals surface area contributed by atoms with Crippen molar-refractivity contribution in [1.82, 2.24) is 4.90 Å². The maximum Gasteiger partial charge on any atom is 0.200 e. The first-order valence-electron chi connectivity index (χ1n) is 9.82. The summed E-state index contributed by atoms with van der Waals surface area (Å²) in [4.78, 5) is 15.2. The molecule has 1 fully saturated rings. The van der Waals surface area contributed by atoms with E-state index in [1.807, 2.05) is 30.3 Å². The van der Waals surface area contributed by atoms with E-state index in [1.54, 1.807) is 12.1 Å². The molecule has 29 heavy (non-hydrogen) atoms. The minimum Gasteiger partial charge on any atom is -0.492 e. The molecule has 6 heteroatoms. The third-order valence-corrected chi connectivity index (χ3v) is 5.60. The van der Waals surface area contributed by atoms with E-state index in [0.717, 1.165) is 29.7 Å². The number of halogens is 1. The Bertz CT molecular complexity index is 1040. The molecule has 3 aromatic rings. The summed E-state index contributed by atoms with van der Waals surface area (Å²) in [6.45, 7) is 7.43. The Morgan fingerprint density at radius 2 is 1.83 bits per heavy atom. The summed E-state index contributed by atoms with van der Waals surface area (Å²) in [6.07, 6.45) is 2.01. The van der Waals surface area contributed by atoms with E-state index in [2.05, 4.69) is 34.7 Å². The monoisotopic (exact) mass is 457 g/mol. The summed E-state index contributed by atoms with van der Waals surface area (Å²) in [5, 5.41) is 0.550. The standard InChI is InChI=1S/C23H24BrNO4/c1-15-12-25(13-16(2)29-15)9-10-27-19-7-8-20-22(11-19)28-14-21(23(20)26)17-3-5-18(24)6-4-17/h3-8,11,14-16H,9-10,12-13H2,1-2H3/t15-,16-/m0/s1. The highest BCUT2D eigenvalue weighted by Gasteiger charge is 2.21. The molecule has 0 amide bonds. The minimum atomic E-state index is -0.0450. The van der Waals surface area contributed by atoms with Gasteiger partial charge in [0, 0.05) is 30.2 Å². The van der Waals surface area contributed by atoms with Crippen molar-refractivity contribution in [3.63, 3.8) is 0 Å². The number of benzene rings is 2. The molecule has 5 nitrogen and oxygen atoms in total. The van der Waals surface area contributed by atoms with Crippen LogP contribution in [0.5, 0.6) is 5.75 Å². The first-order valence-corrected chi connectivity index (χ1v) is 10.6. The van der Waals surface area contributed by atoms with Crippen LogP contribution in [-0.2, 0) is 4.74 Å². The first-order chi connectivity index (χ1) is 14.0. The number of fused-ring (bicyclic) bond motifs is 1. The van der Waals surface area contributed by atoms with E-state index in [4.69, 9.17) is 13.9 Å². The van der Waals surface area contributed by atoms with Gasteiger partial charge in [-0.05, 0) is 43.7 Å². The van der Waals surface area contributed by atoms with Crippen LogP contribution in [0.3, 0.4) is 0 Å². The normalized spacial score (nSPS) is 20.1. The van der Waals surface area contributed by atoms with Gasteiger partial charge < -0.3 is 13.9 Å². The molecule has 4 rings (SSSR count). The van der Waals surface area contributed by atoms with E-state index in [0.29, 0.717) is 28.9 Å². The fourth-order valence-corrected chi connectivity index (χ4v) is 4.05. The van der Waals surface area contributed by atoms with Crippen molar-refractivity contribution in [3.8, 4) is 16.9 Å². The van der Waals surface area contributed by atoms with Gasteiger partial charge >= 0.3 is 0 Å². The second-order valence-electron chi connectivity index (χ2n) is 7.51. The number of nitrogens with zero attached hydrogens (tertiary/aromatic N) is 1. The van der Waals surface area contributed by atoms with Crippen molar-refractivity contribution < 1.29 is 13.9 Å². The highest BCUT2D eigenvalue weighted by atomic mass is 79.9. The Morgan fingerprint density at radius 1 is 1.10 bits per heavy atom. The first kappa shape index (κ1) is 20.1. The summed E-state index contributed by atoms with van der Waals surface area (Å²) in [6, 6.07) is 13.0. The molecule has 152 valence electrons. The van der Waals surface area contributed by atoms with Crippen LogP contribution in [0.2, 0.25) is 0 Å². The van der Waals surface area contributed by atoms with E-state index >= 15 is 0 Å². The Labute approximate surface area is 178 Å². The average Bonchev–Trinajstić information content (AvgIpc) is 2.68. The third kappa shape index (κ3) is 4.71. The molecule has 2 aromatic carbocycles. The maximum atomic E-state index is 12.9. The van der Waals surface area contributed by atoms with Gasteiger partial charge in [0.25, 0.3) is 0 Å². The lowest BCUT2D eigenvalue weighted by Crippen LogP contribution is -2.46. The van der Waals surface area contributed by atoms with Crippen molar-refractivity contribution in [1.29, 1.82) is 0 Å². The lowest BCUT2D eigenvalue weighted by atomic mass is 10.1. The Hall–Kier alpha value is -2.15. The van der Waals surface area contributed by atoms with Gasteiger partial charge in [-0.3, -0.25) is 9.69 Å². The highest BCUT2D eigenvalue weighted by Crippen LogP contribution is 2.24. The number of hydrogen-bond acceptors (Lipinski definition) is 5. The molecule has 0 bridgehead atoms. The minimum absolute atomic E-state index is 0.0450. The van der Waals surface area contributed by atoms with Gasteiger partial charge in [-0.15, -0.1) is 0 Å². The Balaban J connectivity index is 1.46. The van der Waals surface area contributed by atoms with Crippen LogP contribution < -0.4 is 10.2 Å². The topological polar surface area (TPSA) is 51.9 Å². The molecule has 2 atom stereocenters. The van der Waals surface area contributed by atoms with Gasteiger partial charge in [0.05, 0.1) is 23.2 Å². The van der Waals surface area contributed by atoms with Gasteiger partial charge in [0.2, 0.25) is 0 Å². The van der Waals surface area contributed by atoms with E-state index < -0.39 is 0 Å². The van der Waals surface area contributed by atoms with Crippen LogP contribution in [-0.4, -0.2) is 43.3 Å². The molecular weight excluding hydrogens is 434 g/mol. The van der Waals surface area contributed by atoms with Gasteiger partial charge in [0.15, 0.2) is 5.43 Å². The van der Waals surface area contributed by atoms with E-state index in [1.165, 1.54) is 6.26 Å². The smallest absolute Gasteiger partial charge is 0.200 e. The van der Waals surface area contributed by atoms with Crippen LogP contribution in [0.15, 0.2) is 62.4 Å². The van der Waals surface area contributed by atoms with Crippen LogP contribution >= 0.6 is 15.9 Å². The molecule has 1 aromatic heterocycles. The van der Waals surface area contributed by atoms with E-state index in [9.17, 15) is 4.79 Å². The number of hydrogen-bond donors (Lipinski definition) is 0. The molecule has 0 N–H and O–H groups in total. The molecule has 0 radical (unpaired) electrons. The molecule has 1 aliphatic rings. The molecule has 1 saturated heterocycles. The van der Waals surface area contributed by atoms with Gasteiger partial charge in [-0.2, -0.15) is 0 Å². The Kier molecular flexibility index (Phi) is 6.04.